The molecule has 3 N–H and O–H groups in total. The maximum absolute atomic E-state index is 5.95. The van der Waals surface area contributed by atoms with E-state index in [-0.39, 0.29) is 12.1 Å². The van der Waals surface area contributed by atoms with Crippen LogP contribution in [-0.4, -0.2) is 24.7 Å². The van der Waals surface area contributed by atoms with Crippen LogP contribution in [0.3, 0.4) is 0 Å². The van der Waals surface area contributed by atoms with Crippen LogP contribution in [0, 0.1) is 0 Å². The predicted molar refractivity (Wildman–Crippen MR) is 66.2 cm³/mol. The van der Waals surface area contributed by atoms with Crippen LogP contribution in [0.4, 0.5) is 5.69 Å². The van der Waals surface area contributed by atoms with E-state index in [2.05, 4.69) is 17.2 Å². The van der Waals surface area contributed by atoms with Crippen molar-refractivity contribution in [1.82, 2.24) is 10.3 Å². The molecular formula is C12H21N3O. The second kappa shape index (κ2) is 6.45. The fourth-order valence-corrected chi connectivity index (χ4v) is 1.64. The number of methoxy groups -OCH3 is 1. The molecule has 0 saturated carbocycles. The first kappa shape index (κ1) is 12.9. The van der Waals surface area contributed by atoms with Gasteiger partial charge in [-0.2, -0.15) is 0 Å². The molecule has 2 unspecified atom stereocenters. The second-order valence-electron chi connectivity index (χ2n) is 3.88. The van der Waals surface area contributed by atoms with Gasteiger partial charge in [-0.3, -0.25) is 4.98 Å². The first-order valence-corrected chi connectivity index (χ1v) is 5.66. The van der Waals surface area contributed by atoms with Crippen molar-refractivity contribution in [3.05, 3.63) is 24.0 Å². The van der Waals surface area contributed by atoms with Gasteiger partial charge < -0.3 is 15.8 Å². The number of nitrogens with zero attached hydrogens (tertiary/aromatic N) is 1. The SMILES string of the molecule is CCCNC(c1cnccc1N)C(C)OC. The summed E-state index contributed by atoms with van der Waals surface area (Å²) in [6, 6.07) is 1.91. The average molecular weight is 223 g/mol. The van der Waals surface area contributed by atoms with E-state index in [1.807, 2.05) is 13.0 Å². The Morgan fingerprint density at radius 2 is 2.31 bits per heavy atom. The highest BCUT2D eigenvalue weighted by molar-refractivity contribution is 5.46. The maximum Gasteiger partial charge on any atom is 0.0739 e. The molecule has 4 nitrogen and oxygen atoms in total. The monoisotopic (exact) mass is 223 g/mol. The number of ether oxygens (including phenoxy) is 1. The normalized spacial score (nSPS) is 14.7. The van der Waals surface area contributed by atoms with E-state index in [0.29, 0.717) is 0 Å². The Bertz CT molecular complexity index is 317. The lowest BCUT2D eigenvalue weighted by molar-refractivity contribution is 0.0831. The molecule has 0 saturated heterocycles. The molecule has 0 bridgehead atoms. The number of rotatable bonds is 6. The van der Waals surface area contributed by atoms with Crippen LogP contribution in [0.25, 0.3) is 0 Å². The Hall–Kier alpha value is -1.13. The molecular weight excluding hydrogens is 202 g/mol. The van der Waals surface area contributed by atoms with Crippen molar-refractivity contribution in [2.75, 3.05) is 19.4 Å². The van der Waals surface area contributed by atoms with Gasteiger partial charge in [0.05, 0.1) is 12.1 Å². The van der Waals surface area contributed by atoms with Crippen LogP contribution < -0.4 is 11.1 Å². The summed E-state index contributed by atoms with van der Waals surface area (Å²) < 4.78 is 5.37. The van der Waals surface area contributed by atoms with Gasteiger partial charge in [0.1, 0.15) is 0 Å². The Balaban J connectivity index is 2.87. The van der Waals surface area contributed by atoms with Crippen molar-refractivity contribution in [3.8, 4) is 0 Å². The van der Waals surface area contributed by atoms with Gasteiger partial charge in [0, 0.05) is 30.8 Å². The third-order valence-corrected chi connectivity index (χ3v) is 2.68. The summed E-state index contributed by atoms with van der Waals surface area (Å²) in [5, 5.41) is 3.43. The maximum atomic E-state index is 5.95. The zero-order valence-electron chi connectivity index (χ0n) is 10.2. The van der Waals surface area contributed by atoms with Crippen LogP contribution in [-0.2, 0) is 4.74 Å². The fourth-order valence-electron chi connectivity index (χ4n) is 1.64. The van der Waals surface area contributed by atoms with E-state index in [1.54, 1.807) is 19.5 Å². The Labute approximate surface area is 97.2 Å². The molecule has 0 aliphatic carbocycles. The number of nitrogens with one attached hydrogen (secondary N) is 1. The minimum atomic E-state index is 0.0676. The van der Waals surface area contributed by atoms with Crippen molar-refractivity contribution >= 4 is 5.69 Å². The first-order chi connectivity index (χ1) is 7.70. The molecule has 1 aromatic heterocycles. The molecule has 0 aromatic carbocycles. The largest absolute Gasteiger partial charge is 0.398 e. The van der Waals surface area contributed by atoms with E-state index in [1.165, 1.54) is 0 Å². The smallest absolute Gasteiger partial charge is 0.0739 e. The summed E-state index contributed by atoms with van der Waals surface area (Å²) in [4.78, 5) is 4.12. The van der Waals surface area contributed by atoms with Crippen LogP contribution >= 0.6 is 0 Å². The van der Waals surface area contributed by atoms with Crippen LogP contribution in [0.5, 0.6) is 0 Å². The minimum absolute atomic E-state index is 0.0676. The number of aromatic nitrogens is 1. The van der Waals surface area contributed by atoms with Gasteiger partial charge in [-0.05, 0) is 26.0 Å². The van der Waals surface area contributed by atoms with Gasteiger partial charge >= 0.3 is 0 Å². The molecule has 0 aliphatic rings. The molecule has 0 radical (unpaired) electrons. The quantitative estimate of drug-likeness (QED) is 0.771. The number of anilines is 1. The molecule has 0 spiro atoms. The highest BCUT2D eigenvalue weighted by Crippen LogP contribution is 2.23. The van der Waals surface area contributed by atoms with Gasteiger partial charge in [-0.15, -0.1) is 0 Å². The standard InChI is InChI=1S/C12H21N3O/c1-4-6-15-12(9(2)16-3)10-8-14-7-5-11(10)13/h5,7-9,12,15H,4,6H2,1-3H3,(H2,13,14). The summed E-state index contributed by atoms with van der Waals surface area (Å²) in [6.07, 6.45) is 4.65. The second-order valence-corrected chi connectivity index (χ2v) is 3.88. The number of hydrogen-bond acceptors (Lipinski definition) is 4. The Morgan fingerprint density at radius 1 is 1.56 bits per heavy atom. The number of hydrogen-bond donors (Lipinski definition) is 2. The summed E-state index contributed by atoms with van der Waals surface area (Å²) in [5.74, 6) is 0. The zero-order valence-corrected chi connectivity index (χ0v) is 10.2. The first-order valence-electron chi connectivity index (χ1n) is 5.66. The fraction of sp³-hybridized carbons (Fsp3) is 0.583. The lowest BCUT2D eigenvalue weighted by Gasteiger charge is -2.25. The van der Waals surface area contributed by atoms with E-state index in [4.69, 9.17) is 10.5 Å². The third-order valence-electron chi connectivity index (χ3n) is 2.68. The molecule has 1 heterocycles. The van der Waals surface area contributed by atoms with Gasteiger partial charge in [-0.25, -0.2) is 0 Å². The van der Waals surface area contributed by atoms with Crippen molar-refractivity contribution < 1.29 is 4.74 Å². The summed E-state index contributed by atoms with van der Waals surface area (Å²) in [7, 11) is 1.71. The highest BCUT2D eigenvalue weighted by atomic mass is 16.5. The molecule has 2 atom stereocenters. The molecule has 0 amide bonds. The highest BCUT2D eigenvalue weighted by Gasteiger charge is 2.20. The third kappa shape index (κ3) is 3.18. The lowest BCUT2D eigenvalue weighted by Crippen LogP contribution is -2.32. The summed E-state index contributed by atoms with van der Waals surface area (Å²) in [5.41, 5.74) is 7.71. The van der Waals surface area contributed by atoms with E-state index < -0.39 is 0 Å². The molecule has 0 fully saturated rings. The van der Waals surface area contributed by atoms with E-state index in [9.17, 15) is 0 Å². The van der Waals surface area contributed by atoms with Crippen molar-refractivity contribution in [2.45, 2.75) is 32.4 Å². The van der Waals surface area contributed by atoms with Gasteiger partial charge in [0.25, 0.3) is 0 Å². The van der Waals surface area contributed by atoms with E-state index >= 15 is 0 Å². The minimum Gasteiger partial charge on any atom is -0.398 e. The van der Waals surface area contributed by atoms with Crippen LogP contribution in [0.15, 0.2) is 18.5 Å². The summed E-state index contributed by atoms with van der Waals surface area (Å²) in [6.45, 7) is 5.10. The molecule has 4 heteroatoms. The van der Waals surface area contributed by atoms with Gasteiger partial charge in [-0.1, -0.05) is 6.92 Å². The summed E-state index contributed by atoms with van der Waals surface area (Å²) >= 11 is 0. The number of nitrogen functional groups attached to an aromatic ring is 1. The average Bonchev–Trinajstić information content (AvgIpc) is 2.31. The predicted octanol–water partition coefficient (Wildman–Crippen LogP) is 1.74. The molecule has 16 heavy (non-hydrogen) atoms. The Morgan fingerprint density at radius 3 is 2.88 bits per heavy atom. The van der Waals surface area contributed by atoms with Crippen molar-refractivity contribution in [1.29, 1.82) is 0 Å². The molecule has 1 rings (SSSR count). The molecule has 90 valence electrons. The molecule has 1 aromatic rings. The number of pyridine rings is 1. The number of nitrogens with two attached hydrogens (primary N) is 1. The van der Waals surface area contributed by atoms with Gasteiger partial charge in [0.2, 0.25) is 0 Å². The molecule has 0 aliphatic heterocycles. The van der Waals surface area contributed by atoms with E-state index in [0.717, 1.165) is 24.2 Å². The topological polar surface area (TPSA) is 60.2 Å². The van der Waals surface area contributed by atoms with Crippen LogP contribution in [0.2, 0.25) is 0 Å². The zero-order chi connectivity index (χ0) is 12.0. The van der Waals surface area contributed by atoms with Gasteiger partial charge in [0.15, 0.2) is 0 Å². The van der Waals surface area contributed by atoms with Crippen LogP contribution in [0.1, 0.15) is 31.9 Å². The van der Waals surface area contributed by atoms with Crippen molar-refractivity contribution in [2.24, 2.45) is 0 Å². The Kier molecular flexibility index (Phi) is 5.22. The lowest BCUT2D eigenvalue weighted by atomic mass is 10.0. The van der Waals surface area contributed by atoms with Crippen molar-refractivity contribution in [3.63, 3.8) is 0 Å².